The first-order valence-electron chi connectivity index (χ1n) is 11.3. The number of thioether (sulfide) groups is 1. The number of para-hydroxylation sites is 1. The second-order valence-electron chi connectivity index (χ2n) is 8.79. The Kier molecular flexibility index (Phi) is 6.77. The van der Waals surface area contributed by atoms with E-state index in [0.29, 0.717) is 23.2 Å². The average Bonchev–Trinajstić information content (AvgIpc) is 3.07. The van der Waals surface area contributed by atoms with E-state index in [2.05, 4.69) is 56.9 Å². The fraction of sp³-hybridized carbons (Fsp3) is 0.333. The van der Waals surface area contributed by atoms with Crippen molar-refractivity contribution in [1.29, 1.82) is 0 Å². The van der Waals surface area contributed by atoms with Crippen LogP contribution in [0, 0.1) is 0 Å². The maximum atomic E-state index is 13.2. The number of anilines is 1. The molecule has 172 valence electrons. The maximum absolute atomic E-state index is 13.2. The Hall–Kier alpha value is -2.83. The molecule has 2 aliphatic rings. The summed E-state index contributed by atoms with van der Waals surface area (Å²) in [5.74, 6) is -0.0342. The van der Waals surface area contributed by atoms with Gasteiger partial charge in [-0.1, -0.05) is 30.3 Å². The Labute approximate surface area is 200 Å². The largest absolute Gasteiger partial charge is 0.383 e. The van der Waals surface area contributed by atoms with E-state index in [4.69, 9.17) is 9.73 Å². The smallest absolute Gasteiger partial charge is 0.266 e. The molecule has 33 heavy (non-hydrogen) atoms. The van der Waals surface area contributed by atoms with Gasteiger partial charge in [-0.3, -0.25) is 9.69 Å². The molecule has 1 saturated heterocycles. The Balaban J connectivity index is 1.68. The standard InChI is InChI=1S/C27H31N3O2S/c1-6-30-23-13-12-20(16-22(23)19(2)18-27(30,3)4)17-24-25(31)29(14-15-32-5)26(33-24)28-21-10-8-7-9-11-21/h7-13,16-18H,6,14-15H2,1-5H3/b24-17-,28-26?. The number of hydrogen-bond donors (Lipinski definition) is 0. The fourth-order valence-corrected chi connectivity index (χ4v) is 5.53. The van der Waals surface area contributed by atoms with Crippen molar-refractivity contribution >= 4 is 45.9 Å². The third kappa shape index (κ3) is 4.77. The molecule has 1 amide bonds. The van der Waals surface area contributed by atoms with E-state index < -0.39 is 0 Å². The molecule has 0 atom stereocenters. The first-order chi connectivity index (χ1) is 15.8. The topological polar surface area (TPSA) is 45.1 Å². The monoisotopic (exact) mass is 461 g/mol. The number of amidine groups is 1. The summed E-state index contributed by atoms with van der Waals surface area (Å²) >= 11 is 1.42. The maximum Gasteiger partial charge on any atom is 0.266 e. The summed E-state index contributed by atoms with van der Waals surface area (Å²) in [4.78, 5) is 22.8. The number of nitrogens with zero attached hydrogens (tertiary/aromatic N) is 3. The average molecular weight is 462 g/mol. The molecule has 2 heterocycles. The van der Waals surface area contributed by atoms with Gasteiger partial charge in [0.05, 0.1) is 29.3 Å². The molecule has 2 aromatic rings. The first kappa shape index (κ1) is 23.3. The van der Waals surface area contributed by atoms with Crippen LogP contribution in [0.5, 0.6) is 0 Å². The summed E-state index contributed by atoms with van der Waals surface area (Å²) in [6.45, 7) is 10.7. The number of aliphatic imine (C=N–C) groups is 1. The van der Waals surface area contributed by atoms with E-state index in [-0.39, 0.29) is 11.4 Å². The Morgan fingerprint density at radius 3 is 2.61 bits per heavy atom. The number of benzene rings is 2. The number of methoxy groups -OCH3 is 1. The Bertz CT molecular complexity index is 1140. The Morgan fingerprint density at radius 2 is 1.91 bits per heavy atom. The SMILES string of the molecule is CCN1c2ccc(/C=C3\SC(=Nc4ccccc4)N(CCOC)C3=O)cc2C(C)=CC1(C)C. The van der Waals surface area contributed by atoms with E-state index in [1.54, 1.807) is 12.0 Å². The van der Waals surface area contributed by atoms with Crippen molar-refractivity contribution in [2.24, 2.45) is 4.99 Å². The molecule has 2 aromatic carbocycles. The van der Waals surface area contributed by atoms with Crippen molar-refractivity contribution in [1.82, 2.24) is 4.90 Å². The normalized spacial score (nSPS) is 19.9. The third-order valence-corrected chi connectivity index (χ3v) is 7.01. The zero-order valence-corrected chi connectivity index (χ0v) is 20.8. The molecular weight excluding hydrogens is 430 g/mol. The summed E-state index contributed by atoms with van der Waals surface area (Å²) in [6.07, 6.45) is 4.30. The number of likely N-dealkylation sites (N-methyl/N-ethyl adjacent to an activating group) is 1. The van der Waals surface area contributed by atoms with E-state index in [1.807, 2.05) is 36.4 Å². The van der Waals surface area contributed by atoms with Crippen LogP contribution in [-0.4, -0.2) is 48.3 Å². The lowest BCUT2D eigenvalue weighted by Crippen LogP contribution is -2.44. The van der Waals surface area contributed by atoms with Gasteiger partial charge in [0.1, 0.15) is 0 Å². The van der Waals surface area contributed by atoms with Gasteiger partial charge in [0.15, 0.2) is 5.17 Å². The van der Waals surface area contributed by atoms with E-state index in [0.717, 1.165) is 17.8 Å². The molecule has 4 rings (SSSR count). The van der Waals surface area contributed by atoms with Gasteiger partial charge in [0, 0.05) is 24.9 Å². The summed E-state index contributed by atoms with van der Waals surface area (Å²) in [5.41, 5.74) is 5.54. The lowest BCUT2D eigenvalue weighted by molar-refractivity contribution is -0.122. The van der Waals surface area contributed by atoms with Crippen molar-refractivity contribution in [2.75, 3.05) is 31.7 Å². The molecule has 0 N–H and O–H groups in total. The first-order valence-corrected chi connectivity index (χ1v) is 12.1. The van der Waals surface area contributed by atoms with E-state index >= 15 is 0 Å². The van der Waals surface area contributed by atoms with Gasteiger partial charge in [-0.15, -0.1) is 0 Å². The predicted octanol–water partition coefficient (Wildman–Crippen LogP) is 5.96. The lowest BCUT2D eigenvalue weighted by Gasteiger charge is -2.42. The summed E-state index contributed by atoms with van der Waals surface area (Å²) in [5, 5.41) is 0.683. The molecule has 0 saturated carbocycles. The quantitative estimate of drug-likeness (QED) is 0.498. The molecule has 5 nitrogen and oxygen atoms in total. The number of amides is 1. The van der Waals surface area contributed by atoms with Crippen LogP contribution in [0.3, 0.4) is 0 Å². The number of allylic oxidation sites excluding steroid dienone is 1. The zero-order valence-electron chi connectivity index (χ0n) is 20.0. The van der Waals surface area contributed by atoms with Crippen LogP contribution >= 0.6 is 11.8 Å². The van der Waals surface area contributed by atoms with Crippen molar-refractivity contribution < 1.29 is 9.53 Å². The number of ether oxygens (including phenoxy) is 1. The van der Waals surface area contributed by atoms with Crippen LogP contribution in [-0.2, 0) is 9.53 Å². The van der Waals surface area contributed by atoms with Crippen LogP contribution in [0.1, 0.15) is 38.8 Å². The highest BCUT2D eigenvalue weighted by molar-refractivity contribution is 8.18. The number of carbonyl (C=O) groups is 1. The van der Waals surface area contributed by atoms with E-state index in [1.165, 1.54) is 28.6 Å². The molecular formula is C27H31N3O2S. The molecule has 0 aliphatic carbocycles. The molecule has 1 fully saturated rings. The number of carbonyl (C=O) groups excluding carboxylic acids is 1. The minimum atomic E-state index is -0.0342. The van der Waals surface area contributed by atoms with Crippen LogP contribution in [0.15, 0.2) is 64.5 Å². The Morgan fingerprint density at radius 1 is 1.15 bits per heavy atom. The molecule has 0 bridgehead atoms. The molecule has 0 aromatic heterocycles. The number of hydrogen-bond acceptors (Lipinski definition) is 5. The molecule has 0 unspecified atom stereocenters. The van der Waals surface area contributed by atoms with Crippen molar-refractivity contribution in [3.05, 3.63) is 70.6 Å². The lowest BCUT2D eigenvalue weighted by atomic mass is 9.88. The van der Waals surface area contributed by atoms with Crippen LogP contribution in [0.2, 0.25) is 0 Å². The number of rotatable bonds is 6. The molecule has 2 aliphatic heterocycles. The van der Waals surface area contributed by atoms with Crippen molar-refractivity contribution in [3.63, 3.8) is 0 Å². The van der Waals surface area contributed by atoms with E-state index in [9.17, 15) is 4.79 Å². The van der Waals surface area contributed by atoms with Gasteiger partial charge in [0.25, 0.3) is 5.91 Å². The zero-order chi connectivity index (χ0) is 23.6. The van der Waals surface area contributed by atoms with Crippen molar-refractivity contribution in [3.8, 4) is 0 Å². The summed E-state index contributed by atoms with van der Waals surface area (Å²) in [6, 6.07) is 16.2. The van der Waals surface area contributed by atoms with Gasteiger partial charge < -0.3 is 9.64 Å². The molecule has 0 spiro atoms. The minimum absolute atomic E-state index is 0.0201. The van der Waals surface area contributed by atoms with Crippen molar-refractivity contribution in [2.45, 2.75) is 33.2 Å². The van der Waals surface area contributed by atoms with Crippen LogP contribution < -0.4 is 4.90 Å². The number of fused-ring (bicyclic) bond motifs is 1. The van der Waals surface area contributed by atoms with Gasteiger partial charge in [-0.25, -0.2) is 4.99 Å². The summed E-state index contributed by atoms with van der Waals surface area (Å²) in [7, 11) is 1.64. The molecule has 6 heteroatoms. The molecule has 0 radical (unpaired) electrons. The predicted molar refractivity (Wildman–Crippen MR) is 140 cm³/mol. The summed E-state index contributed by atoms with van der Waals surface area (Å²) < 4.78 is 5.23. The van der Waals surface area contributed by atoms with Gasteiger partial charge in [-0.2, -0.15) is 0 Å². The highest BCUT2D eigenvalue weighted by atomic mass is 32.2. The van der Waals surface area contributed by atoms with Crippen LogP contribution in [0.4, 0.5) is 11.4 Å². The van der Waals surface area contributed by atoms with Crippen LogP contribution in [0.25, 0.3) is 11.6 Å². The second-order valence-corrected chi connectivity index (χ2v) is 9.80. The van der Waals surface area contributed by atoms with Gasteiger partial charge >= 0.3 is 0 Å². The second kappa shape index (κ2) is 9.57. The minimum Gasteiger partial charge on any atom is -0.383 e. The van der Waals surface area contributed by atoms with Gasteiger partial charge in [0.2, 0.25) is 0 Å². The van der Waals surface area contributed by atoms with Gasteiger partial charge in [-0.05, 0) is 80.9 Å². The fourth-order valence-electron chi connectivity index (χ4n) is 4.50. The third-order valence-electron chi connectivity index (χ3n) is 6.00. The highest BCUT2D eigenvalue weighted by Gasteiger charge is 2.34. The highest BCUT2D eigenvalue weighted by Crippen LogP contribution is 2.40.